The van der Waals surface area contributed by atoms with E-state index < -0.39 is 0 Å². The van der Waals surface area contributed by atoms with Gasteiger partial charge in [-0.05, 0) is 12.1 Å². The number of carbonyl (C=O) groups excluding carboxylic acids is 2. The van der Waals surface area contributed by atoms with Crippen LogP contribution < -0.4 is 10.6 Å². The minimum atomic E-state index is -0.376. The van der Waals surface area contributed by atoms with E-state index in [1.54, 1.807) is 55.4 Å². The SMILES string of the molecule is Cn1cc(NC(=O)c2cc(NC(=O)c3ccccc3)n(C)n2)cn1. The number of aryl methyl sites for hydroxylation is 2. The van der Waals surface area contributed by atoms with Crippen molar-refractivity contribution in [1.29, 1.82) is 0 Å². The first-order chi connectivity index (χ1) is 11.5. The van der Waals surface area contributed by atoms with Crippen molar-refractivity contribution in [3.05, 3.63) is 60.0 Å². The fourth-order valence-corrected chi connectivity index (χ4v) is 2.15. The first-order valence-electron chi connectivity index (χ1n) is 7.23. The monoisotopic (exact) mass is 324 g/mol. The van der Waals surface area contributed by atoms with E-state index in [2.05, 4.69) is 20.8 Å². The predicted octanol–water partition coefficient (Wildman–Crippen LogP) is 1.66. The fraction of sp³-hybridized carbons (Fsp3) is 0.125. The molecular formula is C16H16N6O2. The van der Waals surface area contributed by atoms with Gasteiger partial charge in [0.05, 0.1) is 11.9 Å². The van der Waals surface area contributed by atoms with Gasteiger partial charge < -0.3 is 10.6 Å². The highest BCUT2D eigenvalue weighted by atomic mass is 16.2. The van der Waals surface area contributed by atoms with Crippen molar-refractivity contribution < 1.29 is 9.59 Å². The molecule has 0 aliphatic heterocycles. The second kappa shape index (κ2) is 6.37. The Morgan fingerprint density at radius 2 is 1.79 bits per heavy atom. The quantitative estimate of drug-likeness (QED) is 0.763. The second-order valence-corrected chi connectivity index (χ2v) is 5.22. The molecule has 0 aliphatic rings. The molecule has 0 fully saturated rings. The maximum Gasteiger partial charge on any atom is 0.276 e. The fourth-order valence-electron chi connectivity index (χ4n) is 2.15. The summed E-state index contributed by atoms with van der Waals surface area (Å²) in [5.74, 6) is -0.211. The zero-order valence-corrected chi connectivity index (χ0v) is 13.2. The number of nitrogens with one attached hydrogen (secondary N) is 2. The lowest BCUT2D eigenvalue weighted by Gasteiger charge is -2.04. The van der Waals surface area contributed by atoms with Crippen LogP contribution in [0.5, 0.6) is 0 Å². The number of amides is 2. The molecule has 122 valence electrons. The van der Waals surface area contributed by atoms with Crippen LogP contribution in [0.25, 0.3) is 0 Å². The van der Waals surface area contributed by atoms with Crippen LogP contribution in [0.4, 0.5) is 11.5 Å². The molecule has 3 rings (SSSR count). The summed E-state index contributed by atoms with van der Waals surface area (Å²) in [7, 11) is 3.41. The molecule has 2 amide bonds. The van der Waals surface area contributed by atoms with Crippen LogP contribution in [-0.4, -0.2) is 31.4 Å². The highest BCUT2D eigenvalue weighted by Crippen LogP contribution is 2.13. The van der Waals surface area contributed by atoms with Crippen molar-refractivity contribution in [3.63, 3.8) is 0 Å². The number of rotatable bonds is 4. The van der Waals surface area contributed by atoms with Crippen LogP contribution in [-0.2, 0) is 14.1 Å². The van der Waals surface area contributed by atoms with E-state index >= 15 is 0 Å². The summed E-state index contributed by atoms with van der Waals surface area (Å²) in [4.78, 5) is 24.4. The lowest BCUT2D eigenvalue weighted by molar-refractivity contribution is 0.101. The van der Waals surface area contributed by atoms with E-state index in [-0.39, 0.29) is 17.5 Å². The topological polar surface area (TPSA) is 93.8 Å². The van der Waals surface area contributed by atoms with Gasteiger partial charge in [0.25, 0.3) is 11.8 Å². The summed E-state index contributed by atoms with van der Waals surface area (Å²) < 4.78 is 3.03. The van der Waals surface area contributed by atoms with Crippen LogP contribution in [0.15, 0.2) is 48.8 Å². The van der Waals surface area contributed by atoms with E-state index in [0.29, 0.717) is 17.1 Å². The van der Waals surface area contributed by atoms with Gasteiger partial charge >= 0.3 is 0 Å². The zero-order valence-electron chi connectivity index (χ0n) is 13.2. The van der Waals surface area contributed by atoms with Gasteiger partial charge in [0.15, 0.2) is 5.69 Å². The van der Waals surface area contributed by atoms with Crippen LogP contribution in [0.1, 0.15) is 20.8 Å². The van der Waals surface area contributed by atoms with Crippen molar-refractivity contribution in [1.82, 2.24) is 19.6 Å². The largest absolute Gasteiger partial charge is 0.318 e. The van der Waals surface area contributed by atoms with Crippen molar-refractivity contribution >= 4 is 23.3 Å². The van der Waals surface area contributed by atoms with E-state index in [1.165, 1.54) is 10.7 Å². The van der Waals surface area contributed by atoms with Gasteiger partial charge in [-0.15, -0.1) is 0 Å². The molecule has 0 radical (unpaired) electrons. The molecule has 0 saturated heterocycles. The number of hydrogen-bond acceptors (Lipinski definition) is 4. The molecule has 24 heavy (non-hydrogen) atoms. The first kappa shape index (κ1) is 15.5. The third-order valence-electron chi connectivity index (χ3n) is 3.35. The molecular weight excluding hydrogens is 308 g/mol. The predicted molar refractivity (Wildman–Crippen MR) is 88.8 cm³/mol. The van der Waals surface area contributed by atoms with Crippen LogP contribution >= 0.6 is 0 Å². The maximum atomic E-state index is 12.2. The average Bonchev–Trinajstić information content (AvgIpc) is 3.14. The summed E-state index contributed by atoms with van der Waals surface area (Å²) in [6, 6.07) is 10.3. The standard InChI is InChI=1S/C16H16N6O2/c1-21-10-12(9-17-21)18-16(24)13-8-14(22(2)20-13)19-15(23)11-6-4-3-5-7-11/h3-10H,1-2H3,(H,18,24)(H,19,23). The molecule has 0 saturated carbocycles. The average molecular weight is 324 g/mol. The third kappa shape index (κ3) is 3.32. The Hall–Kier alpha value is -3.42. The lowest BCUT2D eigenvalue weighted by atomic mass is 10.2. The Morgan fingerprint density at radius 1 is 1.04 bits per heavy atom. The summed E-state index contributed by atoms with van der Waals surface area (Å²) in [6.45, 7) is 0. The van der Waals surface area contributed by atoms with Crippen molar-refractivity contribution in [2.75, 3.05) is 10.6 Å². The van der Waals surface area contributed by atoms with Crippen LogP contribution in [0.3, 0.4) is 0 Å². The summed E-state index contributed by atoms with van der Waals surface area (Å²) >= 11 is 0. The number of anilines is 2. The van der Waals surface area contributed by atoms with Crippen molar-refractivity contribution in [2.24, 2.45) is 14.1 Å². The first-order valence-corrected chi connectivity index (χ1v) is 7.23. The molecule has 3 aromatic rings. The molecule has 2 aromatic heterocycles. The Balaban J connectivity index is 1.73. The molecule has 0 spiro atoms. The van der Waals surface area contributed by atoms with Gasteiger partial charge in [-0.3, -0.25) is 19.0 Å². The number of hydrogen-bond donors (Lipinski definition) is 2. The normalized spacial score (nSPS) is 10.4. The number of carbonyl (C=O) groups is 2. The van der Waals surface area contributed by atoms with E-state index in [4.69, 9.17) is 0 Å². The van der Waals surface area contributed by atoms with Gasteiger partial charge in [-0.2, -0.15) is 10.2 Å². The van der Waals surface area contributed by atoms with Gasteiger partial charge in [-0.25, -0.2) is 0 Å². The third-order valence-corrected chi connectivity index (χ3v) is 3.35. The summed E-state index contributed by atoms with van der Waals surface area (Å²) in [5.41, 5.74) is 1.30. The molecule has 2 N–H and O–H groups in total. The second-order valence-electron chi connectivity index (χ2n) is 5.22. The highest BCUT2D eigenvalue weighted by molar-refractivity contribution is 6.06. The van der Waals surface area contributed by atoms with E-state index in [1.807, 2.05) is 6.07 Å². The number of nitrogens with zero attached hydrogens (tertiary/aromatic N) is 4. The molecule has 0 aliphatic carbocycles. The summed E-state index contributed by atoms with van der Waals surface area (Å²) in [6.07, 6.45) is 3.22. The minimum Gasteiger partial charge on any atom is -0.318 e. The van der Waals surface area contributed by atoms with Gasteiger partial charge in [0, 0.05) is 31.9 Å². The molecule has 0 bridgehead atoms. The van der Waals surface area contributed by atoms with Crippen molar-refractivity contribution in [2.45, 2.75) is 0 Å². The Kier molecular flexibility index (Phi) is 4.11. The van der Waals surface area contributed by atoms with Gasteiger partial charge in [-0.1, -0.05) is 18.2 Å². The van der Waals surface area contributed by atoms with E-state index in [0.717, 1.165) is 0 Å². The molecule has 0 atom stereocenters. The Morgan fingerprint density at radius 3 is 2.46 bits per heavy atom. The zero-order chi connectivity index (χ0) is 17.1. The molecule has 2 heterocycles. The van der Waals surface area contributed by atoms with E-state index in [9.17, 15) is 9.59 Å². The molecule has 8 heteroatoms. The van der Waals surface area contributed by atoms with Crippen molar-refractivity contribution in [3.8, 4) is 0 Å². The van der Waals surface area contributed by atoms with Gasteiger partial charge in [0.1, 0.15) is 5.82 Å². The smallest absolute Gasteiger partial charge is 0.276 e. The molecule has 0 unspecified atom stereocenters. The highest BCUT2D eigenvalue weighted by Gasteiger charge is 2.15. The molecule has 8 nitrogen and oxygen atoms in total. The van der Waals surface area contributed by atoms with Gasteiger partial charge in [0.2, 0.25) is 0 Å². The lowest BCUT2D eigenvalue weighted by Crippen LogP contribution is -2.14. The van der Waals surface area contributed by atoms with Crippen LogP contribution in [0.2, 0.25) is 0 Å². The number of aromatic nitrogens is 4. The summed E-state index contributed by atoms with van der Waals surface area (Å²) in [5, 5.41) is 13.5. The Labute approximate surface area is 138 Å². The maximum absolute atomic E-state index is 12.2. The number of benzene rings is 1. The minimum absolute atomic E-state index is 0.199. The molecule has 1 aromatic carbocycles. The van der Waals surface area contributed by atoms with Crippen LogP contribution in [0, 0.1) is 0 Å². The Bertz CT molecular complexity index is 881.